The first kappa shape index (κ1) is 12.2. The molecule has 0 aliphatic heterocycles. The molecule has 2 aromatic rings. The second kappa shape index (κ2) is 5.40. The van der Waals surface area contributed by atoms with Crippen molar-refractivity contribution in [2.45, 2.75) is 37.9 Å². The van der Waals surface area contributed by atoms with Crippen LogP contribution in [0.1, 0.15) is 24.8 Å². The van der Waals surface area contributed by atoms with Crippen molar-refractivity contribution >= 4 is 5.69 Å². The standard InChI is InChI=1S/C14H19N5/c15-12-3-6-14(7-12)18-13-4-1-11(2-5-13)8-19-10-16-9-17-19/h1-2,4-5,9-10,12,14,18H,3,6-8,15H2. The van der Waals surface area contributed by atoms with Gasteiger partial charge in [-0.05, 0) is 37.0 Å². The Bertz CT molecular complexity index is 505. The Morgan fingerprint density at radius 2 is 2.11 bits per heavy atom. The lowest BCUT2D eigenvalue weighted by atomic mass is 10.2. The SMILES string of the molecule is NC1CCC(Nc2ccc(Cn3cncn3)cc2)C1. The number of nitrogens with one attached hydrogen (secondary N) is 1. The zero-order valence-electron chi connectivity index (χ0n) is 10.9. The fourth-order valence-electron chi connectivity index (χ4n) is 2.59. The predicted octanol–water partition coefficient (Wildman–Crippen LogP) is 1.62. The quantitative estimate of drug-likeness (QED) is 0.873. The highest BCUT2D eigenvalue weighted by molar-refractivity contribution is 5.45. The van der Waals surface area contributed by atoms with Crippen molar-refractivity contribution in [1.29, 1.82) is 0 Å². The molecule has 1 saturated carbocycles. The Balaban J connectivity index is 1.59. The molecule has 1 heterocycles. The summed E-state index contributed by atoms with van der Waals surface area (Å²) in [4.78, 5) is 3.94. The molecule has 5 nitrogen and oxygen atoms in total. The highest BCUT2D eigenvalue weighted by Gasteiger charge is 2.21. The minimum Gasteiger partial charge on any atom is -0.382 e. The third kappa shape index (κ3) is 3.12. The summed E-state index contributed by atoms with van der Waals surface area (Å²) in [5, 5.41) is 7.64. The van der Waals surface area contributed by atoms with Crippen molar-refractivity contribution in [3.63, 3.8) is 0 Å². The Hall–Kier alpha value is -1.88. The lowest BCUT2D eigenvalue weighted by Gasteiger charge is -2.14. The number of aromatic nitrogens is 3. The lowest BCUT2D eigenvalue weighted by Crippen LogP contribution is -2.20. The fourth-order valence-corrected chi connectivity index (χ4v) is 2.59. The zero-order chi connectivity index (χ0) is 13.1. The van der Waals surface area contributed by atoms with E-state index >= 15 is 0 Å². The first-order chi connectivity index (χ1) is 9.29. The molecule has 5 heteroatoms. The van der Waals surface area contributed by atoms with Gasteiger partial charge in [0.15, 0.2) is 0 Å². The van der Waals surface area contributed by atoms with Gasteiger partial charge in [-0.25, -0.2) is 9.67 Å². The molecule has 0 spiro atoms. The fraction of sp³-hybridized carbons (Fsp3) is 0.429. The Labute approximate surface area is 112 Å². The normalized spacial score (nSPS) is 22.6. The molecule has 0 bridgehead atoms. The van der Waals surface area contributed by atoms with Crippen LogP contribution in [0.3, 0.4) is 0 Å². The van der Waals surface area contributed by atoms with E-state index in [1.54, 1.807) is 12.7 Å². The van der Waals surface area contributed by atoms with Gasteiger partial charge < -0.3 is 11.1 Å². The van der Waals surface area contributed by atoms with E-state index in [0.29, 0.717) is 12.1 Å². The molecule has 1 aromatic heterocycles. The second-order valence-electron chi connectivity index (χ2n) is 5.20. The molecule has 0 saturated heterocycles. The first-order valence-electron chi connectivity index (χ1n) is 6.73. The molecule has 3 rings (SSSR count). The van der Waals surface area contributed by atoms with E-state index in [2.05, 4.69) is 39.7 Å². The van der Waals surface area contributed by atoms with Crippen LogP contribution in [-0.2, 0) is 6.54 Å². The highest BCUT2D eigenvalue weighted by atomic mass is 15.3. The first-order valence-corrected chi connectivity index (χ1v) is 6.73. The number of nitrogens with zero attached hydrogens (tertiary/aromatic N) is 3. The molecule has 1 aromatic carbocycles. The third-order valence-electron chi connectivity index (χ3n) is 3.61. The molecular formula is C14H19N5. The molecule has 100 valence electrons. The molecule has 19 heavy (non-hydrogen) atoms. The number of rotatable bonds is 4. The van der Waals surface area contributed by atoms with Gasteiger partial charge in [0.25, 0.3) is 0 Å². The van der Waals surface area contributed by atoms with Crippen LogP contribution in [0.2, 0.25) is 0 Å². The number of anilines is 1. The van der Waals surface area contributed by atoms with E-state index in [4.69, 9.17) is 5.73 Å². The van der Waals surface area contributed by atoms with Crippen molar-refractivity contribution in [2.24, 2.45) is 5.73 Å². The van der Waals surface area contributed by atoms with E-state index in [1.165, 1.54) is 17.7 Å². The second-order valence-corrected chi connectivity index (χ2v) is 5.20. The van der Waals surface area contributed by atoms with Crippen LogP contribution in [0, 0.1) is 0 Å². The number of hydrogen-bond donors (Lipinski definition) is 2. The maximum atomic E-state index is 5.92. The molecular weight excluding hydrogens is 238 g/mol. The van der Waals surface area contributed by atoms with E-state index in [1.807, 2.05) is 4.68 Å². The van der Waals surface area contributed by atoms with Crippen LogP contribution in [-0.4, -0.2) is 26.8 Å². The van der Waals surface area contributed by atoms with Gasteiger partial charge >= 0.3 is 0 Å². The van der Waals surface area contributed by atoms with Gasteiger partial charge in [-0.15, -0.1) is 0 Å². The highest BCUT2D eigenvalue weighted by Crippen LogP contribution is 2.22. The number of nitrogens with two attached hydrogens (primary N) is 1. The average Bonchev–Trinajstić information content (AvgIpc) is 3.04. The summed E-state index contributed by atoms with van der Waals surface area (Å²) >= 11 is 0. The van der Waals surface area contributed by atoms with Crippen molar-refractivity contribution < 1.29 is 0 Å². The smallest absolute Gasteiger partial charge is 0.137 e. The molecule has 1 aliphatic carbocycles. The largest absolute Gasteiger partial charge is 0.382 e. The van der Waals surface area contributed by atoms with Crippen LogP contribution in [0.25, 0.3) is 0 Å². The van der Waals surface area contributed by atoms with Gasteiger partial charge in [-0.3, -0.25) is 0 Å². The van der Waals surface area contributed by atoms with Crippen LogP contribution >= 0.6 is 0 Å². The van der Waals surface area contributed by atoms with E-state index in [9.17, 15) is 0 Å². The Morgan fingerprint density at radius 3 is 2.74 bits per heavy atom. The van der Waals surface area contributed by atoms with Gasteiger partial charge in [-0.2, -0.15) is 5.10 Å². The maximum absolute atomic E-state index is 5.92. The van der Waals surface area contributed by atoms with Crippen LogP contribution in [0.4, 0.5) is 5.69 Å². The topological polar surface area (TPSA) is 68.8 Å². The van der Waals surface area contributed by atoms with Gasteiger partial charge in [0.05, 0.1) is 6.54 Å². The van der Waals surface area contributed by atoms with Crippen LogP contribution in [0.5, 0.6) is 0 Å². The predicted molar refractivity (Wildman–Crippen MR) is 74.8 cm³/mol. The summed E-state index contributed by atoms with van der Waals surface area (Å²) in [5.74, 6) is 0. The summed E-state index contributed by atoms with van der Waals surface area (Å²) in [6.45, 7) is 0.759. The molecule has 2 unspecified atom stereocenters. The van der Waals surface area contributed by atoms with Gasteiger partial charge in [0.1, 0.15) is 12.7 Å². The van der Waals surface area contributed by atoms with Crippen LogP contribution in [0.15, 0.2) is 36.9 Å². The van der Waals surface area contributed by atoms with E-state index in [-0.39, 0.29) is 0 Å². The van der Waals surface area contributed by atoms with Gasteiger partial charge in [0, 0.05) is 17.8 Å². The summed E-state index contributed by atoms with van der Waals surface area (Å²) < 4.78 is 1.82. The van der Waals surface area contributed by atoms with Crippen molar-refractivity contribution in [2.75, 3.05) is 5.32 Å². The summed E-state index contributed by atoms with van der Waals surface area (Å²) in [5.41, 5.74) is 8.31. The van der Waals surface area contributed by atoms with E-state index in [0.717, 1.165) is 19.4 Å². The monoisotopic (exact) mass is 257 g/mol. The Kier molecular flexibility index (Phi) is 3.46. The molecule has 1 fully saturated rings. The van der Waals surface area contributed by atoms with Crippen molar-refractivity contribution in [3.8, 4) is 0 Å². The number of hydrogen-bond acceptors (Lipinski definition) is 4. The zero-order valence-corrected chi connectivity index (χ0v) is 10.9. The summed E-state index contributed by atoms with van der Waals surface area (Å²) in [6.07, 6.45) is 6.65. The maximum Gasteiger partial charge on any atom is 0.137 e. The molecule has 0 radical (unpaired) electrons. The molecule has 3 N–H and O–H groups in total. The average molecular weight is 257 g/mol. The number of benzene rings is 1. The third-order valence-corrected chi connectivity index (χ3v) is 3.61. The molecule has 2 atom stereocenters. The molecule has 0 amide bonds. The summed E-state index contributed by atoms with van der Waals surface area (Å²) in [7, 11) is 0. The van der Waals surface area contributed by atoms with Crippen molar-refractivity contribution in [3.05, 3.63) is 42.5 Å². The lowest BCUT2D eigenvalue weighted by molar-refractivity contribution is 0.683. The minimum absolute atomic E-state index is 0.365. The summed E-state index contributed by atoms with van der Waals surface area (Å²) in [6, 6.07) is 9.38. The van der Waals surface area contributed by atoms with Gasteiger partial charge in [-0.1, -0.05) is 12.1 Å². The van der Waals surface area contributed by atoms with Gasteiger partial charge in [0.2, 0.25) is 0 Å². The molecule has 1 aliphatic rings. The van der Waals surface area contributed by atoms with Crippen LogP contribution < -0.4 is 11.1 Å². The van der Waals surface area contributed by atoms with Crippen molar-refractivity contribution in [1.82, 2.24) is 14.8 Å². The Morgan fingerprint density at radius 1 is 1.26 bits per heavy atom. The minimum atomic E-state index is 0.365. The van der Waals surface area contributed by atoms with E-state index < -0.39 is 0 Å².